The Morgan fingerprint density at radius 2 is 1.63 bits per heavy atom. The minimum absolute atomic E-state index is 0.0814. The van der Waals surface area contributed by atoms with Gasteiger partial charge in [-0.15, -0.1) is 0 Å². The van der Waals surface area contributed by atoms with E-state index in [2.05, 4.69) is 0 Å². The van der Waals surface area contributed by atoms with Gasteiger partial charge in [-0.1, -0.05) is 12.1 Å². The van der Waals surface area contributed by atoms with Gasteiger partial charge in [0.2, 0.25) is 10.0 Å². The molecule has 0 saturated carbocycles. The molecule has 0 bridgehead atoms. The number of benzene rings is 2. The van der Waals surface area contributed by atoms with Crippen molar-refractivity contribution in [3.8, 4) is 11.5 Å². The van der Waals surface area contributed by atoms with Gasteiger partial charge in [-0.3, -0.25) is 4.79 Å². The van der Waals surface area contributed by atoms with Gasteiger partial charge in [-0.2, -0.15) is 0 Å². The third kappa shape index (κ3) is 4.58. The summed E-state index contributed by atoms with van der Waals surface area (Å²) in [7, 11) is 4.07. The fourth-order valence-electron chi connectivity index (χ4n) is 2.55. The predicted octanol–water partition coefficient (Wildman–Crippen LogP) is 2.23. The summed E-state index contributed by atoms with van der Waals surface area (Å²) in [6.45, 7) is 0.337. The van der Waals surface area contributed by atoms with Crippen LogP contribution in [0, 0.1) is 0 Å². The highest BCUT2D eigenvalue weighted by atomic mass is 32.2. The molecule has 27 heavy (non-hydrogen) atoms. The number of hydrogen-bond acceptors (Lipinski definition) is 5. The second-order valence-electron chi connectivity index (χ2n) is 6.17. The van der Waals surface area contributed by atoms with E-state index in [1.54, 1.807) is 45.5 Å². The van der Waals surface area contributed by atoms with Crippen molar-refractivity contribution in [1.82, 2.24) is 9.21 Å². The smallest absolute Gasteiger partial charge is 0.253 e. The molecule has 0 aromatic heterocycles. The lowest BCUT2D eigenvalue weighted by Crippen LogP contribution is -2.27. The van der Waals surface area contributed by atoms with Crippen LogP contribution in [0.2, 0.25) is 0 Å². The first kappa shape index (κ1) is 20.7. The second-order valence-corrected chi connectivity index (χ2v) is 8.32. The zero-order valence-electron chi connectivity index (χ0n) is 16.1. The van der Waals surface area contributed by atoms with E-state index in [1.807, 2.05) is 6.07 Å². The standard InChI is InChI=1S/C19H24N2O5S/c1-20(2)27(23,24)16-8-6-7-15(12-16)19(22)21(3)13-14-9-10-17(25-4)18(11-14)26-5/h6-12H,13H2,1-5H3. The van der Waals surface area contributed by atoms with Crippen molar-refractivity contribution in [1.29, 1.82) is 0 Å². The van der Waals surface area contributed by atoms with Gasteiger partial charge in [0.15, 0.2) is 11.5 Å². The Morgan fingerprint density at radius 1 is 0.963 bits per heavy atom. The highest BCUT2D eigenvalue weighted by molar-refractivity contribution is 7.89. The van der Waals surface area contributed by atoms with Crippen LogP contribution < -0.4 is 9.47 Å². The lowest BCUT2D eigenvalue weighted by atomic mass is 10.1. The van der Waals surface area contributed by atoms with E-state index in [1.165, 1.54) is 31.1 Å². The Bertz CT molecular complexity index is 925. The Kier molecular flexibility index (Phi) is 6.45. The van der Waals surface area contributed by atoms with Crippen molar-refractivity contribution < 1.29 is 22.7 Å². The number of amides is 1. The minimum Gasteiger partial charge on any atom is -0.493 e. The lowest BCUT2D eigenvalue weighted by Gasteiger charge is -2.19. The predicted molar refractivity (Wildman–Crippen MR) is 103 cm³/mol. The molecule has 0 aliphatic carbocycles. The largest absolute Gasteiger partial charge is 0.493 e. The summed E-state index contributed by atoms with van der Waals surface area (Å²) < 4.78 is 36.2. The van der Waals surface area contributed by atoms with Crippen LogP contribution in [0.1, 0.15) is 15.9 Å². The molecule has 0 N–H and O–H groups in total. The normalized spacial score (nSPS) is 11.3. The van der Waals surface area contributed by atoms with Gasteiger partial charge in [0.05, 0.1) is 19.1 Å². The summed E-state index contributed by atoms with van der Waals surface area (Å²) in [6.07, 6.45) is 0. The molecule has 2 aromatic rings. The molecular formula is C19H24N2O5S. The Hall–Kier alpha value is -2.58. The molecule has 2 rings (SSSR count). The van der Waals surface area contributed by atoms with Crippen LogP contribution in [0.15, 0.2) is 47.4 Å². The highest BCUT2D eigenvalue weighted by Crippen LogP contribution is 2.28. The monoisotopic (exact) mass is 392 g/mol. The van der Waals surface area contributed by atoms with Crippen molar-refractivity contribution >= 4 is 15.9 Å². The minimum atomic E-state index is -3.60. The van der Waals surface area contributed by atoms with Crippen LogP contribution in [0.25, 0.3) is 0 Å². The molecule has 0 atom stereocenters. The fourth-order valence-corrected chi connectivity index (χ4v) is 3.49. The number of nitrogens with zero attached hydrogens (tertiary/aromatic N) is 2. The maximum atomic E-state index is 12.7. The summed E-state index contributed by atoms with van der Waals surface area (Å²) in [5, 5.41) is 0. The molecule has 0 aliphatic rings. The number of carbonyl (C=O) groups excluding carboxylic acids is 1. The highest BCUT2D eigenvalue weighted by Gasteiger charge is 2.20. The number of sulfonamides is 1. The first-order valence-electron chi connectivity index (χ1n) is 8.19. The van der Waals surface area contributed by atoms with Crippen LogP contribution in [0.3, 0.4) is 0 Å². The summed E-state index contributed by atoms with van der Waals surface area (Å²) >= 11 is 0. The van der Waals surface area contributed by atoms with Crippen LogP contribution in [-0.4, -0.2) is 58.9 Å². The average molecular weight is 392 g/mol. The number of carbonyl (C=O) groups is 1. The SMILES string of the molecule is COc1ccc(CN(C)C(=O)c2cccc(S(=O)(=O)N(C)C)c2)cc1OC. The molecular weight excluding hydrogens is 368 g/mol. The van der Waals surface area contributed by atoms with Crippen LogP contribution in [0.5, 0.6) is 11.5 Å². The summed E-state index contributed by atoms with van der Waals surface area (Å²) in [5.74, 6) is 0.910. The van der Waals surface area contributed by atoms with Gasteiger partial charge in [0, 0.05) is 33.3 Å². The zero-order chi connectivity index (χ0) is 20.2. The number of ether oxygens (including phenoxy) is 2. The van der Waals surface area contributed by atoms with Gasteiger partial charge in [-0.05, 0) is 35.9 Å². The van der Waals surface area contributed by atoms with Crippen molar-refractivity contribution in [2.45, 2.75) is 11.4 Å². The number of methoxy groups -OCH3 is 2. The van der Waals surface area contributed by atoms with E-state index in [4.69, 9.17) is 9.47 Å². The molecule has 0 spiro atoms. The van der Waals surface area contributed by atoms with E-state index >= 15 is 0 Å². The molecule has 0 unspecified atom stereocenters. The third-order valence-electron chi connectivity index (χ3n) is 4.07. The third-order valence-corrected chi connectivity index (χ3v) is 5.89. The zero-order valence-corrected chi connectivity index (χ0v) is 16.9. The van der Waals surface area contributed by atoms with Crippen LogP contribution in [-0.2, 0) is 16.6 Å². The van der Waals surface area contributed by atoms with Crippen molar-refractivity contribution in [3.05, 3.63) is 53.6 Å². The molecule has 2 aromatic carbocycles. The molecule has 7 nitrogen and oxygen atoms in total. The summed E-state index contributed by atoms with van der Waals surface area (Å²) in [5.41, 5.74) is 1.17. The molecule has 8 heteroatoms. The first-order valence-corrected chi connectivity index (χ1v) is 9.63. The van der Waals surface area contributed by atoms with E-state index in [9.17, 15) is 13.2 Å². The quantitative estimate of drug-likeness (QED) is 0.722. The van der Waals surface area contributed by atoms with E-state index in [-0.39, 0.29) is 10.8 Å². The van der Waals surface area contributed by atoms with E-state index < -0.39 is 10.0 Å². The molecule has 0 aliphatic heterocycles. The molecule has 1 amide bonds. The maximum absolute atomic E-state index is 12.7. The van der Waals surface area contributed by atoms with Gasteiger partial charge in [-0.25, -0.2) is 12.7 Å². The fraction of sp³-hybridized carbons (Fsp3) is 0.316. The summed E-state index contributed by atoms with van der Waals surface area (Å²) in [6, 6.07) is 11.4. The Labute approximate surface area is 160 Å². The lowest BCUT2D eigenvalue weighted by molar-refractivity contribution is 0.0784. The topological polar surface area (TPSA) is 76.2 Å². The summed E-state index contributed by atoms with van der Waals surface area (Å²) in [4.78, 5) is 14.3. The molecule has 0 radical (unpaired) electrons. The van der Waals surface area contributed by atoms with Gasteiger partial charge < -0.3 is 14.4 Å². The molecule has 0 saturated heterocycles. The van der Waals surface area contributed by atoms with E-state index in [0.717, 1.165) is 9.87 Å². The van der Waals surface area contributed by atoms with Crippen molar-refractivity contribution in [2.75, 3.05) is 35.4 Å². The average Bonchev–Trinajstić information content (AvgIpc) is 2.67. The van der Waals surface area contributed by atoms with Crippen molar-refractivity contribution in [3.63, 3.8) is 0 Å². The van der Waals surface area contributed by atoms with Gasteiger partial charge in [0.25, 0.3) is 5.91 Å². The Balaban J connectivity index is 2.23. The van der Waals surface area contributed by atoms with Crippen LogP contribution in [0.4, 0.5) is 0 Å². The second kappa shape index (κ2) is 8.41. The number of hydrogen-bond donors (Lipinski definition) is 0. The molecule has 0 heterocycles. The Morgan fingerprint density at radius 3 is 2.22 bits per heavy atom. The van der Waals surface area contributed by atoms with Crippen LogP contribution >= 0.6 is 0 Å². The molecule has 146 valence electrons. The van der Waals surface area contributed by atoms with Crippen molar-refractivity contribution in [2.24, 2.45) is 0 Å². The molecule has 0 fully saturated rings. The van der Waals surface area contributed by atoms with Gasteiger partial charge >= 0.3 is 0 Å². The maximum Gasteiger partial charge on any atom is 0.253 e. The first-order chi connectivity index (χ1) is 12.7. The van der Waals surface area contributed by atoms with E-state index in [0.29, 0.717) is 23.6 Å². The van der Waals surface area contributed by atoms with Gasteiger partial charge in [0.1, 0.15) is 0 Å². The number of rotatable bonds is 7.